The molecular formula is C14H18N2OS2. The molecule has 1 heterocycles. The molecule has 0 spiro atoms. The number of thioether (sulfide) groups is 1. The van der Waals surface area contributed by atoms with Crippen LogP contribution in [-0.2, 0) is 0 Å². The Kier molecular flexibility index (Phi) is 5.24. The molecule has 0 aliphatic rings. The lowest BCUT2D eigenvalue weighted by molar-refractivity contribution is 0.242. The van der Waals surface area contributed by atoms with Crippen molar-refractivity contribution in [2.24, 2.45) is 5.73 Å². The molecule has 0 aliphatic carbocycles. The molecule has 0 amide bonds. The van der Waals surface area contributed by atoms with Crippen LogP contribution in [0.2, 0.25) is 0 Å². The lowest BCUT2D eigenvalue weighted by atomic mass is 10.1. The zero-order valence-corrected chi connectivity index (χ0v) is 12.7. The number of thiazole rings is 1. The van der Waals surface area contributed by atoms with Crippen LogP contribution < -0.4 is 10.5 Å². The fraction of sp³-hybridized carbons (Fsp3) is 0.357. The van der Waals surface area contributed by atoms with Crippen molar-refractivity contribution >= 4 is 23.1 Å². The summed E-state index contributed by atoms with van der Waals surface area (Å²) in [5.74, 6) is 1.72. The summed E-state index contributed by atoms with van der Waals surface area (Å²) >= 11 is 3.34. The highest BCUT2D eigenvalue weighted by atomic mass is 32.2. The van der Waals surface area contributed by atoms with Gasteiger partial charge in [0, 0.05) is 23.4 Å². The standard InChI is InChI=1S/C14H18N2OS2/c1-10(2)17-12-5-3-11(4-6-12)13(15)9-19-14-16-7-8-18-14/h3-8,10,13H,9,15H2,1-2H3. The Bertz CT molecular complexity index is 483. The fourth-order valence-electron chi connectivity index (χ4n) is 1.60. The Morgan fingerprint density at radius 2 is 2.05 bits per heavy atom. The summed E-state index contributed by atoms with van der Waals surface area (Å²) in [7, 11) is 0. The topological polar surface area (TPSA) is 48.1 Å². The molecule has 5 heteroatoms. The molecule has 0 bridgehead atoms. The third kappa shape index (κ3) is 4.53. The minimum absolute atomic E-state index is 0.0157. The zero-order valence-electron chi connectivity index (χ0n) is 11.1. The quantitative estimate of drug-likeness (QED) is 0.825. The predicted octanol–water partition coefficient (Wildman–Crippen LogP) is 3.72. The number of rotatable bonds is 6. The highest BCUT2D eigenvalue weighted by Crippen LogP contribution is 2.26. The van der Waals surface area contributed by atoms with Gasteiger partial charge in [-0.05, 0) is 31.5 Å². The second kappa shape index (κ2) is 6.93. The molecule has 1 aromatic heterocycles. The van der Waals surface area contributed by atoms with Gasteiger partial charge in [0.25, 0.3) is 0 Å². The Labute approximate surface area is 122 Å². The molecule has 0 radical (unpaired) electrons. The van der Waals surface area contributed by atoms with E-state index in [1.165, 1.54) is 0 Å². The van der Waals surface area contributed by atoms with Crippen molar-refractivity contribution in [3.8, 4) is 5.75 Å². The molecule has 1 unspecified atom stereocenters. The van der Waals surface area contributed by atoms with E-state index in [1.807, 2.05) is 49.7 Å². The molecule has 2 N–H and O–H groups in total. The number of ether oxygens (including phenoxy) is 1. The summed E-state index contributed by atoms with van der Waals surface area (Å²) in [6.07, 6.45) is 2.01. The van der Waals surface area contributed by atoms with Crippen molar-refractivity contribution in [2.45, 2.75) is 30.3 Å². The van der Waals surface area contributed by atoms with Gasteiger partial charge in [0.05, 0.1) is 6.10 Å². The van der Waals surface area contributed by atoms with Gasteiger partial charge in [0.2, 0.25) is 0 Å². The van der Waals surface area contributed by atoms with Gasteiger partial charge in [0.15, 0.2) is 0 Å². The molecule has 0 fully saturated rings. The average Bonchev–Trinajstić information content (AvgIpc) is 2.89. The SMILES string of the molecule is CC(C)Oc1ccc(C(N)CSc2nccs2)cc1. The first-order valence-electron chi connectivity index (χ1n) is 6.19. The number of hydrogen-bond acceptors (Lipinski definition) is 5. The molecule has 1 aromatic carbocycles. The van der Waals surface area contributed by atoms with E-state index in [2.05, 4.69) is 4.98 Å². The van der Waals surface area contributed by atoms with E-state index in [0.29, 0.717) is 0 Å². The Morgan fingerprint density at radius 1 is 1.32 bits per heavy atom. The molecule has 102 valence electrons. The Hall–Kier alpha value is -1.04. The van der Waals surface area contributed by atoms with Crippen LogP contribution in [0.3, 0.4) is 0 Å². The van der Waals surface area contributed by atoms with Gasteiger partial charge in [-0.25, -0.2) is 4.98 Å². The van der Waals surface area contributed by atoms with Crippen LogP contribution >= 0.6 is 23.1 Å². The van der Waals surface area contributed by atoms with Gasteiger partial charge < -0.3 is 10.5 Å². The van der Waals surface area contributed by atoms with E-state index in [-0.39, 0.29) is 12.1 Å². The second-order valence-electron chi connectivity index (χ2n) is 4.45. The van der Waals surface area contributed by atoms with E-state index in [9.17, 15) is 0 Å². The molecule has 0 saturated heterocycles. The van der Waals surface area contributed by atoms with Crippen molar-refractivity contribution in [3.63, 3.8) is 0 Å². The van der Waals surface area contributed by atoms with Crippen molar-refractivity contribution in [3.05, 3.63) is 41.4 Å². The van der Waals surface area contributed by atoms with Crippen LogP contribution in [0.25, 0.3) is 0 Å². The van der Waals surface area contributed by atoms with Gasteiger partial charge in [-0.2, -0.15) is 0 Å². The first kappa shape index (κ1) is 14.4. The summed E-state index contributed by atoms with van der Waals surface area (Å²) in [6, 6.07) is 8.03. The van der Waals surface area contributed by atoms with Crippen molar-refractivity contribution in [2.75, 3.05) is 5.75 Å². The Balaban J connectivity index is 1.90. The van der Waals surface area contributed by atoms with E-state index in [0.717, 1.165) is 21.4 Å². The number of nitrogens with two attached hydrogens (primary N) is 1. The first-order valence-corrected chi connectivity index (χ1v) is 8.06. The summed E-state index contributed by atoms with van der Waals surface area (Å²) in [5.41, 5.74) is 7.30. The zero-order chi connectivity index (χ0) is 13.7. The summed E-state index contributed by atoms with van der Waals surface area (Å²) < 4.78 is 6.68. The van der Waals surface area contributed by atoms with Crippen LogP contribution in [0.15, 0.2) is 40.2 Å². The lowest BCUT2D eigenvalue weighted by Gasteiger charge is -2.13. The maximum atomic E-state index is 6.18. The van der Waals surface area contributed by atoms with Gasteiger partial charge in [-0.15, -0.1) is 11.3 Å². The maximum Gasteiger partial charge on any atom is 0.149 e. The molecule has 2 aromatic rings. The number of benzene rings is 1. The van der Waals surface area contributed by atoms with Gasteiger partial charge in [0.1, 0.15) is 10.1 Å². The van der Waals surface area contributed by atoms with E-state index < -0.39 is 0 Å². The highest BCUT2D eigenvalue weighted by Gasteiger charge is 2.08. The molecular weight excluding hydrogens is 276 g/mol. The van der Waals surface area contributed by atoms with Gasteiger partial charge in [-0.1, -0.05) is 23.9 Å². The van der Waals surface area contributed by atoms with Crippen LogP contribution in [0, 0.1) is 0 Å². The largest absolute Gasteiger partial charge is 0.491 e. The normalized spacial score (nSPS) is 12.6. The first-order chi connectivity index (χ1) is 9.15. The molecule has 3 nitrogen and oxygen atoms in total. The molecule has 1 atom stereocenters. The summed E-state index contributed by atoms with van der Waals surface area (Å²) in [6.45, 7) is 4.04. The third-order valence-electron chi connectivity index (χ3n) is 2.48. The number of aromatic nitrogens is 1. The van der Waals surface area contributed by atoms with Crippen LogP contribution in [0.1, 0.15) is 25.5 Å². The van der Waals surface area contributed by atoms with Gasteiger partial charge in [-0.3, -0.25) is 0 Å². The predicted molar refractivity (Wildman–Crippen MR) is 82.0 cm³/mol. The monoisotopic (exact) mass is 294 g/mol. The van der Waals surface area contributed by atoms with Crippen LogP contribution in [-0.4, -0.2) is 16.8 Å². The summed E-state index contributed by atoms with van der Waals surface area (Å²) in [4.78, 5) is 4.23. The highest BCUT2D eigenvalue weighted by molar-refractivity contribution is 8.01. The van der Waals surface area contributed by atoms with Crippen molar-refractivity contribution < 1.29 is 4.74 Å². The maximum absolute atomic E-state index is 6.18. The molecule has 2 rings (SSSR count). The second-order valence-corrected chi connectivity index (χ2v) is 6.61. The minimum atomic E-state index is 0.0157. The summed E-state index contributed by atoms with van der Waals surface area (Å²) in [5, 5.41) is 1.98. The van der Waals surface area contributed by atoms with Crippen molar-refractivity contribution in [1.82, 2.24) is 4.98 Å². The minimum Gasteiger partial charge on any atom is -0.491 e. The van der Waals surface area contributed by atoms with E-state index >= 15 is 0 Å². The third-order valence-corrected chi connectivity index (χ3v) is 4.56. The van der Waals surface area contributed by atoms with E-state index in [1.54, 1.807) is 23.1 Å². The van der Waals surface area contributed by atoms with Crippen LogP contribution in [0.5, 0.6) is 5.75 Å². The van der Waals surface area contributed by atoms with Crippen molar-refractivity contribution in [1.29, 1.82) is 0 Å². The lowest BCUT2D eigenvalue weighted by Crippen LogP contribution is -2.13. The van der Waals surface area contributed by atoms with Gasteiger partial charge >= 0.3 is 0 Å². The number of nitrogens with zero attached hydrogens (tertiary/aromatic N) is 1. The average molecular weight is 294 g/mol. The smallest absolute Gasteiger partial charge is 0.149 e. The molecule has 0 saturated carbocycles. The van der Waals surface area contributed by atoms with E-state index in [4.69, 9.17) is 10.5 Å². The number of hydrogen-bond donors (Lipinski definition) is 1. The van der Waals surface area contributed by atoms with Crippen LogP contribution in [0.4, 0.5) is 0 Å². The fourth-order valence-corrected chi connectivity index (χ4v) is 3.26. The molecule has 19 heavy (non-hydrogen) atoms. The molecule has 0 aliphatic heterocycles. The Morgan fingerprint density at radius 3 is 2.63 bits per heavy atom.